The summed E-state index contributed by atoms with van der Waals surface area (Å²) in [5, 5.41) is 9.70. The van der Waals surface area contributed by atoms with Crippen molar-refractivity contribution in [3.05, 3.63) is 41.5 Å². The highest BCUT2D eigenvalue weighted by atomic mass is 16.3. The summed E-state index contributed by atoms with van der Waals surface area (Å²) in [7, 11) is 3.03. The summed E-state index contributed by atoms with van der Waals surface area (Å²) < 4.78 is 0. The van der Waals surface area contributed by atoms with Gasteiger partial charge in [-0.2, -0.15) is 0 Å². The Balaban J connectivity index is 1.65. The Bertz CT molecular complexity index is 981. The number of imide groups is 2. The molecule has 2 saturated heterocycles. The average Bonchev–Trinajstić information content (AvgIpc) is 3.07. The van der Waals surface area contributed by atoms with Gasteiger partial charge in [0.1, 0.15) is 5.75 Å². The van der Waals surface area contributed by atoms with Crippen LogP contribution in [-0.2, 0) is 19.2 Å². The first-order chi connectivity index (χ1) is 13.8. The predicted octanol–water partition coefficient (Wildman–Crippen LogP) is 1.29. The largest absolute Gasteiger partial charge is 0.508 e. The maximum Gasteiger partial charge on any atom is 0.233 e. The molecule has 1 aromatic rings. The molecule has 1 N–H and O–H groups in total. The summed E-state index contributed by atoms with van der Waals surface area (Å²) in [4.78, 5) is 53.6. The minimum absolute atomic E-state index is 0.125. The van der Waals surface area contributed by atoms with Gasteiger partial charge in [0.05, 0.1) is 23.7 Å². The first-order valence-electron chi connectivity index (χ1n) is 9.93. The number of amides is 4. The van der Waals surface area contributed by atoms with Crippen LogP contribution in [0.25, 0.3) is 0 Å². The van der Waals surface area contributed by atoms with Crippen molar-refractivity contribution in [3.63, 3.8) is 0 Å². The van der Waals surface area contributed by atoms with E-state index in [0.717, 1.165) is 11.1 Å². The fourth-order valence-electron chi connectivity index (χ4n) is 5.96. The molecule has 7 nitrogen and oxygen atoms in total. The van der Waals surface area contributed by atoms with Crippen LogP contribution in [0, 0.1) is 29.6 Å². The Morgan fingerprint density at radius 3 is 2.03 bits per heavy atom. The van der Waals surface area contributed by atoms with E-state index in [1.54, 1.807) is 24.3 Å². The van der Waals surface area contributed by atoms with Gasteiger partial charge in [-0.05, 0) is 36.5 Å². The van der Waals surface area contributed by atoms with Crippen molar-refractivity contribution in [1.29, 1.82) is 0 Å². The minimum atomic E-state index is -0.513. The molecule has 7 heteroatoms. The molecule has 0 radical (unpaired) electrons. The van der Waals surface area contributed by atoms with E-state index in [0.29, 0.717) is 12.8 Å². The van der Waals surface area contributed by atoms with Crippen LogP contribution in [0.1, 0.15) is 24.3 Å². The first kappa shape index (κ1) is 18.1. The highest BCUT2D eigenvalue weighted by Crippen LogP contribution is 2.57. The van der Waals surface area contributed by atoms with Gasteiger partial charge in [0.2, 0.25) is 23.6 Å². The van der Waals surface area contributed by atoms with Crippen molar-refractivity contribution in [2.45, 2.75) is 18.8 Å². The number of carbonyl (C=O) groups is 4. The van der Waals surface area contributed by atoms with Gasteiger partial charge in [-0.15, -0.1) is 0 Å². The Kier molecular flexibility index (Phi) is 3.75. The van der Waals surface area contributed by atoms with E-state index in [9.17, 15) is 24.3 Å². The smallest absolute Gasteiger partial charge is 0.233 e. The standard InChI is InChI=1S/C22H22N2O5/c1-23-19(26)13-8-7-12-14(17(13)21(23)28)9-15-18(22(29)24(2)20(15)27)16(12)10-3-5-11(25)6-4-10/h3-7,13-18,25H,8-9H2,1-2H3. The summed E-state index contributed by atoms with van der Waals surface area (Å²) >= 11 is 0. The van der Waals surface area contributed by atoms with E-state index in [-0.39, 0.29) is 47.1 Å². The van der Waals surface area contributed by atoms with E-state index < -0.39 is 17.8 Å². The van der Waals surface area contributed by atoms with Crippen LogP contribution in [0.2, 0.25) is 0 Å². The number of hydrogen-bond acceptors (Lipinski definition) is 5. The van der Waals surface area contributed by atoms with E-state index in [2.05, 4.69) is 0 Å². The number of benzene rings is 1. The molecule has 2 aliphatic heterocycles. The molecule has 5 rings (SSSR count). The van der Waals surface area contributed by atoms with Crippen molar-refractivity contribution in [1.82, 2.24) is 9.80 Å². The van der Waals surface area contributed by atoms with Crippen LogP contribution in [-0.4, -0.2) is 52.6 Å². The Labute approximate surface area is 168 Å². The zero-order chi connectivity index (χ0) is 20.6. The van der Waals surface area contributed by atoms with Gasteiger partial charge in [0, 0.05) is 20.0 Å². The number of rotatable bonds is 1. The zero-order valence-electron chi connectivity index (χ0n) is 16.2. The van der Waals surface area contributed by atoms with Crippen LogP contribution in [0.3, 0.4) is 0 Å². The number of nitrogens with zero attached hydrogens (tertiary/aromatic N) is 2. The van der Waals surface area contributed by atoms with Gasteiger partial charge in [0.25, 0.3) is 0 Å². The lowest BCUT2D eigenvalue weighted by Crippen LogP contribution is -2.42. The average molecular weight is 394 g/mol. The van der Waals surface area contributed by atoms with E-state index in [4.69, 9.17) is 0 Å². The molecule has 4 amide bonds. The van der Waals surface area contributed by atoms with Crippen molar-refractivity contribution < 1.29 is 24.3 Å². The number of phenolic OH excluding ortho intramolecular Hbond substituents is 1. The van der Waals surface area contributed by atoms with Gasteiger partial charge < -0.3 is 5.11 Å². The molecular weight excluding hydrogens is 372 g/mol. The van der Waals surface area contributed by atoms with Crippen LogP contribution in [0.5, 0.6) is 5.75 Å². The zero-order valence-corrected chi connectivity index (χ0v) is 16.2. The number of carbonyl (C=O) groups excluding carboxylic acids is 4. The summed E-state index contributed by atoms with van der Waals surface area (Å²) in [6.07, 6.45) is 2.89. The topological polar surface area (TPSA) is 95.0 Å². The summed E-state index contributed by atoms with van der Waals surface area (Å²) in [5.41, 5.74) is 1.82. The normalized spacial score (nSPS) is 36.1. The number of likely N-dealkylation sites (tertiary alicyclic amines) is 2. The fraction of sp³-hybridized carbons (Fsp3) is 0.455. The number of aromatic hydroxyl groups is 1. The highest BCUT2D eigenvalue weighted by Gasteiger charge is 2.60. The maximum absolute atomic E-state index is 13.0. The molecule has 29 heavy (non-hydrogen) atoms. The van der Waals surface area contributed by atoms with Gasteiger partial charge in [-0.1, -0.05) is 23.8 Å². The molecule has 2 aliphatic carbocycles. The maximum atomic E-state index is 13.0. The molecule has 3 fully saturated rings. The molecule has 1 saturated carbocycles. The molecule has 4 aliphatic rings. The van der Waals surface area contributed by atoms with Gasteiger partial charge >= 0.3 is 0 Å². The Morgan fingerprint density at radius 1 is 0.793 bits per heavy atom. The van der Waals surface area contributed by atoms with Crippen LogP contribution in [0.4, 0.5) is 0 Å². The van der Waals surface area contributed by atoms with E-state index in [1.807, 2.05) is 6.08 Å². The lowest BCUT2D eigenvalue weighted by Gasteiger charge is -2.44. The molecule has 6 atom stereocenters. The highest BCUT2D eigenvalue weighted by molar-refractivity contribution is 6.07. The number of phenols is 1. The molecule has 2 heterocycles. The predicted molar refractivity (Wildman–Crippen MR) is 101 cm³/mol. The van der Waals surface area contributed by atoms with Crippen molar-refractivity contribution >= 4 is 23.6 Å². The van der Waals surface area contributed by atoms with Gasteiger partial charge in [-0.3, -0.25) is 29.0 Å². The fourth-order valence-corrected chi connectivity index (χ4v) is 5.96. The monoisotopic (exact) mass is 394 g/mol. The number of fused-ring (bicyclic) bond motifs is 4. The summed E-state index contributed by atoms with van der Waals surface area (Å²) in [5.74, 6) is -3.09. The first-order valence-corrected chi connectivity index (χ1v) is 9.93. The van der Waals surface area contributed by atoms with E-state index >= 15 is 0 Å². The third-order valence-electron chi connectivity index (χ3n) is 7.34. The van der Waals surface area contributed by atoms with Gasteiger partial charge in [0.15, 0.2) is 0 Å². The molecule has 1 aromatic carbocycles. The third kappa shape index (κ3) is 2.30. The molecule has 150 valence electrons. The van der Waals surface area contributed by atoms with Crippen LogP contribution >= 0.6 is 0 Å². The lowest BCUT2D eigenvalue weighted by atomic mass is 9.57. The van der Waals surface area contributed by atoms with E-state index in [1.165, 1.54) is 23.9 Å². The summed E-state index contributed by atoms with van der Waals surface area (Å²) in [6.45, 7) is 0. The quantitative estimate of drug-likeness (QED) is 0.572. The Morgan fingerprint density at radius 2 is 1.38 bits per heavy atom. The second kappa shape index (κ2) is 6.02. The lowest BCUT2D eigenvalue weighted by molar-refractivity contribution is -0.140. The van der Waals surface area contributed by atoms with Crippen LogP contribution in [0.15, 0.2) is 35.9 Å². The SMILES string of the molecule is CN1C(=O)C2CC=C3C(CC4C(=O)N(C)C(=O)C4C3c3ccc(O)cc3)C2C1=O. The molecular formula is C22H22N2O5. The van der Waals surface area contributed by atoms with Crippen molar-refractivity contribution in [2.24, 2.45) is 29.6 Å². The molecule has 0 aromatic heterocycles. The van der Waals surface area contributed by atoms with Crippen molar-refractivity contribution in [2.75, 3.05) is 14.1 Å². The second-order valence-corrected chi connectivity index (χ2v) is 8.59. The van der Waals surface area contributed by atoms with Crippen molar-refractivity contribution in [3.8, 4) is 5.75 Å². The second-order valence-electron chi connectivity index (χ2n) is 8.59. The molecule has 6 unspecified atom stereocenters. The van der Waals surface area contributed by atoms with Gasteiger partial charge in [-0.25, -0.2) is 0 Å². The number of hydrogen-bond donors (Lipinski definition) is 1. The minimum Gasteiger partial charge on any atom is -0.508 e. The van der Waals surface area contributed by atoms with Crippen LogP contribution < -0.4 is 0 Å². The molecule has 0 spiro atoms. The third-order valence-corrected chi connectivity index (χ3v) is 7.34. The Hall–Kier alpha value is -2.96. The number of allylic oxidation sites excluding steroid dienone is 2. The molecule has 0 bridgehead atoms. The summed E-state index contributed by atoms with van der Waals surface area (Å²) in [6, 6.07) is 6.69.